The van der Waals surface area contributed by atoms with Gasteiger partial charge in [0, 0.05) is 38.3 Å². The summed E-state index contributed by atoms with van der Waals surface area (Å²) in [6.07, 6.45) is 1.96. The quantitative estimate of drug-likeness (QED) is 0.516. The summed E-state index contributed by atoms with van der Waals surface area (Å²) in [4.78, 5) is 25.2. The van der Waals surface area contributed by atoms with Gasteiger partial charge in [0.15, 0.2) is 4.90 Å². The lowest BCUT2D eigenvalue weighted by atomic mass is 10.0. The van der Waals surface area contributed by atoms with Crippen LogP contribution in [0.1, 0.15) is 24.4 Å². The van der Waals surface area contributed by atoms with Crippen LogP contribution in [-0.4, -0.2) is 60.7 Å². The first-order chi connectivity index (χ1) is 14.9. The predicted octanol–water partition coefficient (Wildman–Crippen LogP) is 1.92. The molecule has 0 bridgehead atoms. The highest BCUT2D eigenvalue weighted by atomic mass is 32.2. The van der Waals surface area contributed by atoms with E-state index in [0.29, 0.717) is 13.1 Å². The smallest absolute Gasteiger partial charge is 0.289 e. The molecule has 1 aliphatic heterocycles. The number of rotatable bonds is 7. The van der Waals surface area contributed by atoms with Gasteiger partial charge in [-0.25, -0.2) is 8.42 Å². The van der Waals surface area contributed by atoms with E-state index in [1.54, 1.807) is 0 Å². The highest BCUT2D eigenvalue weighted by Gasteiger charge is 2.37. The molecule has 1 amide bonds. The topological polar surface area (TPSA) is 113 Å². The highest BCUT2D eigenvalue weighted by Crippen LogP contribution is 2.29. The van der Waals surface area contributed by atoms with Crippen LogP contribution in [0, 0.1) is 10.1 Å². The molecule has 0 aromatic heterocycles. The van der Waals surface area contributed by atoms with Crippen LogP contribution < -0.4 is 5.32 Å². The predicted molar refractivity (Wildman–Crippen MR) is 114 cm³/mol. The Morgan fingerprint density at radius 2 is 1.61 bits per heavy atom. The van der Waals surface area contributed by atoms with Crippen molar-refractivity contribution in [1.82, 2.24) is 14.5 Å². The van der Waals surface area contributed by atoms with E-state index in [9.17, 15) is 23.3 Å². The third-order valence-corrected chi connectivity index (χ3v) is 7.55. The number of piperazine rings is 1. The molecular weight excluding hydrogens is 420 g/mol. The van der Waals surface area contributed by atoms with E-state index in [4.69, 9.17) is 0 Å². The number of hydrogen-bond acceptors (Lipinski definition) is 6. The number of nitrogens with zero attached hydrogens (tertiary/aromatic N) is 3. The Hall–Kier alpha value is -2.82. The summed E-state index contributed by atoms with van der Waals surface area (Å²) in [6, 6.07) is 14.5. The molecule has 2 aromatic carbocycles. The number of hydrogen-bond donors (Lipinski definition) is 1. The lowest BCUT2D eigenvalue weighted by molar-refractivity contribution is -0.387. The van der Waals surface area contributed by atoms with Crippen molar-refractivity contribution < 1.29 is 18.1 Å². The van der Waals surface area contributed by atoms with E-state index in [-0.39, 0.29) is 29.9 Å². The van der Waals surface area contributed by atoms with Gasteiger partial charge in [-0.1, -0.05) is 42.5 Å². The van der Waals surface area contributed by atoms with Crippen LogP contribution in [0.3, 0.4) is 0 Å². The van der Waals surface area contributed by atoms with E-state index in [2.05, 4.69) is 5.32 Å². The first-order valence-corrected chi connectivity index (χ1v) is 11.6. The molecule has 164 valence electrons. The zero-order valence-electron chi connectivity index (χ0n) is 16.9. The molecule has 4 rings (SSSR count). The Morgan fingerprint density at radius 1 is 1.00 bits per heavy atom. The van der Waals surface area contributed by atoms with Gasteiger partial charge < -0.3 is 5.32 Å². The molecule has 1 saturated heterocycles. The highest BCUT2D eigenvalue weighted by molar-refractivity contribution is 7.89. The molecule has 2 fully saturated rings. The number of carbonyl (C=O) groups is 1. The minimum atomic E-state index is -4.02. The number of nitro groups is 1. The third kappa shape index (κ3) is 4.60. The monoisotopic (exact) mass is 444 g/mol. The van der Waals surface area contributed by atoms with E-state index in [0.717, 1.165) is 18.4 Å². The Bertz CT molecular complexity index is 1060. The van der Waals surface area contributed by atoms with E-state index in [1.165, 1.54) is 28.6 Å². The summed E-state index contributed by atoms with van der Waals surface area (Å²) >= 11 is 0. The average Bonchev–Trinajstić information content (AvgIpc) is 3.59. The first-order valence-electron chi connectivity index (χ1n) is 10.2. The van der Waals surface area contributed by atoms with Gasteiger partial charge in [-0.05, 0) is 24.5 Å². The molecule has 1 saturated carbocycles. The van der Waals surface area contributed by atoms with Gasteiger partial charge in [0.25, 0.3) is 5.69 Å². The summed E-state index contributed by atoms with van der Waals surface area (Å²) in [5.74, 6) is -0.0799. The van der Waals surface area contributed by atoms with Crippen LogP contribution in [0.4, 0.5) is 5.69 Å². The maximum atomic E-state index is 13.1. The Kier molecular flexibility index (Phi) is 6.03. The minimum Gasteiger partial charge on any atom is -0.352 e. The molecule has 1 N–H and O–H groups in total. The number of sulfonamides is 1. The molecule has 0 spiro atoms. The maximum absolute atomic E-state index is 13.1. The van der Waals surface area contributed by atoms with Crippen molar-refractivity contribution in [1.29, 1.82) is 0 Å². The van der Waals surface area contributed by atoms with Crippen LogP contribution in [0.25, 0.3) is 0 Å². The molecule has 31 heavy (non-hydrogen) atoms. The normalized spacial score (nSPS) is 19.0. The van der Waals surface area contributed by atoms with Crippen molar-refractivity contribution in [2.24, 2.45) is 0 Å². The number of para-hydroxylation sites is 1. The van der Waals surface area contributed by atoms with E-state index < -0.39 is 26.7 Å². The van der Waals surface area contributed by atoms with Crippen LogP contribution in [0.15, 0.2) is 59.5 Å². The largest absolute Gasteiger partial charge is 0.352 e. The van der Waals surface area contributed by atoms with Gasteiger partial charge >= 0.3 is 0 Å². The molecule has 2 aromatic rings. The number of benzene rings is 2. The van der Waals surface area contributed by atoms with E-state index in [1.807, 2.05) is 35.2 Å². The molecule has 9 nitrogen and oxygen atoms in total. The van der Waals surface area contributed by atoms with Crippen LogP contribution >= 0.6 is 0 Å². The van der Waals surface area contributed by atoms with Crippen LogP contribution in [0.2, 0.25) is 0 Å². The third-order valence-electron chi connectivity index (χ3n) is 5.61. The SMILES string of the molecule is O=C(NC1CC1)C(c1ccccc1)N1CCN(S(=O)(=O)c2ccccc2[N+](=O)[O-])CC1. The molecule has 2 aliphatic rings. The van der Waals surface area contributed by atoms with Crippen molar-refractivity contribution in [2.45, 2.75) is 29.8 Å². The maximum Gasteiger partial charge on any atom is 0.289 e. The Morgan fingerprint density at radius 3 is 2.23 bits per heavy atom. The summed E-state index contributed by atoms with van der Waals surface area (Å²) in [6.45, 7) is 0.984. The first kappa shape index (κ1) is 21.4. The fourth-order valence-corrected chi connectivity index (χ4v) is 5.42. The molecule has 0 radical (unpaired) electrons. The van der Waals surface area contributed by atoms with Crippen LogP contribution in [0.5, 0.6) is 0 Å². The second-order valence-corrected chi connectivity index (χ2v) is 9.67. The van der Waals surface area contributed by atoms with Crippen molar-refractivity contribution in [2.75, 3.05) is 26.2 Å². The Balaban J connectivity index is 1.52. The second-order valence-electron chi connectivity index (χ2n) is 7.76. The van der Waals surface area contributed by atoms with Crippen molar-refractivity contribution >= 4 is 21.6 Å². The fourth-order valence-electron chi connectivity index (χ4n) is 3.84. The van der Waals surface area contributed by atoms with Gasteiger partial charge in [-0.15, -0.1) is 0 Å². The van der Waals surface area contributed by atoms with Crippen LogP contribution in [-0.2, 0) is 14.8 Å². The standard InChI is InChI=1S/C21H24N4O5S/c26-21(22-17-10-11-17)20(16-6-2-1-3-7-16)23-12-14-24(15-13-23)31(29,30)19-9-5-4-8-18(19)25(27)28/h1-9,17,20H,10-15H2,(H,22,26). The van der Waals surface area contributed by atoms with Gasteiger partial charge in [0.1, 0.15) is 6.04 Å². The van der Waals surface area contributed by atoms with E-state index >= 15 is 0 Å². The van der Waals surface area contributed by atoms with Crippen molar-refractivity contribution in [3.8, 4) is 0 Å². The number of nitrogens with one attached hydrogen (secondary N) is 1. The summed E-state index contributed by atoms with van der Waals surface area (Å²) in [7, 11) is -4.02. The Labute approximate surface area is 180 Å². The molecule has 1 unspecified atom stereocenters. The van der Waals surface area contributed by atoms with Gasteiger partial charge in [-0.2, -0.15) is 4.31 Å². The van der Waals surface area contributed by atoms with Crippen molar-refractivity contribution in [3.63, 3.8) is 0 Å². The summed E-state index contributed by atoms with van der Waals surface area (Å²) in [5.41, 5.74) is 0.423. The molecule has 1 heterocycles. The van der Waals surface area contributed by atoms with Gasteiger partial charge in [0.05, 0.1) is 4.92 Å². The van der Waals surface area contributed by atoms with Gasteiger partial charge in [0.2, 0.25) is 15.9 Å². The second kappa shape index (κ2) is 8.74. The van der Waals surface area contributed by atoms with Crippen molar-refractivity contribution in [3.05, 3.63) is 70.3 Å². The molecular formula is C21H24N4O5S. The summed E-state index contributed by atoms with van der Waals surface area (Å²) < 4.78 is 27.4. The lowest BCUT2D eigenvalue weighted by Crippen LogP contribution is -2.52. The summed E-state index contributed by atoms with van der Waals surface area (Å²) in [5, 5.41) is 14.3. The zero-order chi connectivity index (χ0) is 22.0. The average molecular weight is 445 g/mol. The van der Waals surface area contributed by atoms with Gasteiger partial charge in [-0.3, -0.25) is 19.8 Å². The molecule has 1 aliphatic carbocycles. The molecule has 10 heteroatoms. The lowest BCUT2D eigenvalue weighted by Gasteiger charge is -2.38. The number of nitro benzene ring substituents is 1. The molecule has 1 atom stereocenters. The number of carbonyl (C=O) groups excluding carboxylic acids is 1. The number of amides is 1. The zero-order valence-corrected chi connectivity index (χ0v) is 17.7. The minimum absolute atomic E-state index is 0.0799. The fraction of sp³-hybridized carbons (Fsp3) is 0.381.